The second-order valence-electron chi connectivity index (χ2n) is 3.84. The highest BCUT2D eigenvalue weighted by molar-refractivity contribution is 9.10. The van der Waals surface area contributed by atoms with Crippen molar-refractivity contribution in [1.29, 1.82) is 0 Å². The fourth-order valence-electron chi connectivity index (χ4n) is 1.55. The smallest absolute Gasteiger partial charge is 0.0600 e. The van der Waals surface area contributed by atoms with Gasteiger partial charge < -0.3 is 9.64 Å². The van der Waals surface area contributed by atoms with Crippen molar-refractivity contribution in [2.45, 2.75) is 11.4 Å². The Balaban J connectivity index is 2.45. The van der Waals surface area contributed by atoms with Gasteiger partial charge in [0.15, 0.2) is 0 Å². The Morgan fingerprint density at radius 3 is 2.69 bits per heavy atom. The highest BCUT2D eigenvalue weighted by Crippen LogP contribution is 2.17. The molecule has 0 N–H and O–H groups in total. The molecule has 1 aromatic carbocycles. The molecule has 0 aliphatic heterocycles. The Morgan fingerprint density at radius 2 is 2.06 bits per heavy atom. The SMILES string of the molecule is COCC(Br)CN(C)Cc1ccccc1Br. The number of nitrogens with zero attached hydrogens (tertiary/aromatic N) is 1. The van der Waals surface area contributed by atoms with Crippen LogP contribution < -0.4 is 0 Å². The Kier molecular flexibility index (Phi) is 6.58. The van der Waals surface area contributed by atoms with Crippen LogP contribution >= 0.6 is 31.9 Å². The van der Waals surface area contributed by atoms with Crippen molar-refractivity contribution in [2.24, 2.45) is 0 Å². The molecule has 1 rings (SSSR count). The average molecular weight is 351 g/mol. The van der Waals surface area contributed by atoms with Crippen molar-refractivity contribution in [3.8, 4) is 0 Å². The number of halogens is 2. The molecule has 0 amide bonds. The largest absolute Gasteiger partial charge is 0.383 e. The van der Waals surface area contributed by atoms with Gasteiger partial charge in [0.05, 0.1) is 11.4 Å². The highest BCUT2D eigenvalue weighted by Gasteiger charge is 2.09. The van der Waals surface area contributed by atoms with Crippen LogP contribution in [0.25, 0.3) is 0 Å². The fraction of sp³-hybridized carbons (Fsp3) is 0.500. The summed E-state index contributed by atoms with van der Waals surface area (Å²) < 4.78 is 6.26. The van der Waals surface area contributed by atoms with Gasteiger partial charge in [0.25, 0.3) is 0 Å². The van der Waals surface area contributed by atoms with Crippen LogP contribution in [-0.2, 0) is 11.3 Å². The first-order valence-electron chi connectivity index (χ1n) is 5.18. The number of ether oxygens (including phenoxy) is 1. The molecule has 2 nitrogen and oxygen atoms in total. The van der Waals surface area contributed by atoms with Gasteiger partial charge in [0.1, 0.15) is 0 Å². The summed E-state index contributed by atoms with van der Waals surface area (Å²) in [6.07, 6.45) is 0. The van der Waals surface area contributed by atoms with E-state index in [9.17, 15) is 0 Å². The molecule has 0 fully saturated rings. The van der Waals surface area contributed by atoms with Gasteiger partial charge in [-0.2, -0.15) is 0 Å². The Hall–Kier alpha value is 0.100. The van der Waals surface area contributed by atoms with Crippen molar-refractivity contribution in [2.75, 3.05) is 27.3 Å². The van der Waals surface area contributed by atoms with Crippen LogP contribution in [0.15, 0.2) is 28.7 Å². The number of methoxy groups -OCH3 is 1. The zero-order valence-electron chi connectivity index (χ0n) is 9.62. The maximum atomic E-state index is 5.10. The summed E-state index contributed by atoms with van der Waals surface area (Å²) in [5.74, 6) is 0. The van der Waals surface area contributed by atoms with Gasteiger partial charge >= 0.3 is 0 Å². The van der Waals surface area contributed by atoms with Gasteiger partial charge in [-0.1, -0.05) is 50.1 Å². The van der Waals surface area contributed by atoms with E-state index in [2.05, 4.69) is 62.0 Å². The molecular formula is C12H17Br2NO. The molecule has 0 spiro atoms. The van der Waals surface area contributed by atoms with Gasteiger partial charge in [-0.3, -0.25) is 0 Å². The molecule has 16 heavy (non-hydrogen) atoms. The molecule has 0 heterocycles. The van der Waals surface area contributed by atoms with Gasteiger partial charge in [-0.05, 0) is 18.7 Å². The molecule has 1 atom stereocenters. The van der Waals surface area contributed by atoms with E-state index >= 15 is 0 Å². The first kappa shape index (κ1) is 14.2. The van der Waals surface area contributed by atoms with Gasteiger partial charge in [0, 0.05) is 24.7 Å². The quantitative estimate of drug-likeness (QED) is 0.730. The summed E-state index contributed by atoms with van der Waals surface area (Å²) in [6.45, 7) is 2.64. The van der Waals surface area contributed by atoms with Crippen LogP contribution in [0.5, 0.6) is 0 Å². The van der Waals surface area contributed by atoms with Crippen LogP contribution in [0.4, 0.5) is 0 Å². The Morgan fingerprint density at radius 1 is 1.38 bits per heavy atom. The summed E-state index contributed by atoms with van der Waals surface area (Å²) in [7, 11) is 3.84. The van der Waals surface area contributed by atoms with Crippen LogP contribution in [0.1, 0.15) is 5.56 Å². The standard InChI is InChI=1S/C12H17Br2NO/c1-15(8-11(13)9-16-2)7-10-5-3-4-6-12(10)14/h3-6,11H,7-9H2,1-2H3. The number of hydrogen-bond acceptors (Lipinski definition) is 2. The molecule has 0 saturated carbocycles. The van der Waals surface area contributed by atoms with E-state index < -0.39 is 0 Å². The van der Waals surface area contributed by atoms with Crippen LogP contribution in [0, 0.1) is 0 Å². The summed E-state index contributed by atoms with van der Waals surface area (Å²) in [4.78, 5) is 2.66. The van der Waals surface area contributed by atoms with Crippen molar-refractivity contribution < 1.29 is 4.74 Å². The molecule has 1 aromatic rings. The number of rotatable bonds is 6. The van der Waals surface area contributed by atoms with Crippen LogP contribution in [-0.4, -0.2) is 37.0 Å². The molecule has 0 aliphatic carbocycles. The topological polar surface area (TPSA) is 12.5 Å². The van der Waals surface area contributed by atoms with Gasteiger partial charge in [-0.25, -0.2) is 0 Å². The van der Waals surface area contributed by atoms with Gasteiger partial charge in [-0.15, -0.1) is 0 Å². The minimum Gasteiger partial charge on any atom is -0.383 e. The third-order valence-corrected chi connectivity index (χ3v) is 3.58. The molecule has 0 saturated heterocycles. The molecule has 90 valence electrons. The normalized spacial score (nSPS) is 13.1. The number of alkyl halides is 1. The molecule has 0 radical (unpaired) electrons. The fourth-order valence-corrected chi connectivity index (χ4v) is 2.72. The lowest BCUT2D eigenvalue weighted by Gasteiger charge is -2.20. The zero-order valence-corrected chi connectivity index (χ0v) is 12.8. The third kappa shape index (κ3) is 4.95. The molecule has 0 aromatic heterocycles. The highest BCUT2D eigenvalue weighted by atomic mass is 79.9. The van der Waals surface area contributed by atoms with Crippen molar-refractivity contribution in [3.63, 3.8) is 0 Å². The average Bonchev–Trinajstić information content (AvgIpc) is 2.21. The van der Waals surface area contributed by atoms with E-state index in [0.717, 1.165) is 19.7 Å². The van der Waals surface area contributed by atoms with E-state index in [1.165, 1.54) is 10.0 Å². The third-order valence-electron chi connectivity index (χ3n) is 2.26. The van der Waals surface area contributed by atoms with Crippen molar-refractivity contribution >= 4 is 31.9 Å². The summed E-state index contributed by atoms with van der Waals surface area (Å²) >= 11 is 7.15. The van der Waals surface area contributed by atoms with E-state index in [4.69, 9.17) is 4.74 Å². The maximum Gasteiger partial charge on any atom is 0.0600 e. The molecular weight excluding hydrogens is 334 g/mol. The Bertz CT molecular complexity index is 320. The minimum absolute atomic E-state index is 0.380. The summed E-state index contributed by atoms with van der Waals surface area (Å²) in [5, 5.41) is 0. The Labute approximate surface area is 114 Å². The lowest BCUT2D eigenvalue weighted by molar-refractivity contribution is 0.185. The van der Waals surface area contributed by atoms with Crippen molar-refractivity contribution in [1.82, 2.24) is 4.90 Å². The molecule has 0 bridgehead atoms. The first-order valence-corrected chi connectivity index (χ1v) is 6.89. The van der Waals surface area contributed by atoms with E-state index in [1.54, 1.807) is 7.11 Å². The van der Waals surface area contributed by atoms with Gasteiger partial charge in [0.2, 0.25) is 0 Å². The van der Waals surface area contributed by atoms with Crippen molar-refractivity contribution in [3.05, 3.63) is 34.3 Å². The first-order chi connectivity index (χ1) is 7.63. The van der Waals surface area contributed by atoms with E-state index in [0.29, 0.717) is 4.83 Å². The molecule has 0 aliphatic rings. The number of hydrogen-bond donors (Lipinski definition) is 0. The lowest BCUT2D eigenvalue weighted by atomic mass is 10.2. The van der Waals surface area contributed by atoms with Crippen LogP contribution in [0.3, 0.4) is 0 Å². The second-order valence-corrected chi connectivity index (χ2v) is 5.99. The predicted molar refractivity (Wildman–Crippen MR) is 75.1 cm³/mol. The lowest BCUT2D eigenvalue weighted by Crippen LogP contribution is -2.28. The number of benzene rings is 1. The predicted octanol–water partition coefficient (Wildman–Crippen LogP) is 3.29. The molecule has 4 heteroatoms. The molecule has 1 unspecified atom stereocenters. The second kappa shape index (κ2) is 7.43. The van der Waals surface area contributed by atoms with E-state index in [1.807, 2.05) is 6.07 Å². The summed E-state index contributed by atoms with van der Waals surface area (Å²) in [5.41, 5.74) is 1.31. The summed E-state index contributed by atoms with van der Waals surface area (Å²) in [6, 6.07) is 8.31. The maximum absolute atomic E-state index is 5.10. The van der Waals surface area contributed by atoms with E-state index in [-0.39, 0.29) is 0 Å². The van der Waals surface area contributed by atoms with Crippen LogP contribution in [0.2, 0.25) is 0 Å². The minimum atomic E-state index is 0.380. The zero-order chi connectivity index (χ0) is 12.0. The monoisotopic (exact) mass is 349 g/mol.